The van der Waals surface area contributed by atoms with Crippen LogP contribution in [0.3, 0.4) is 0 Å². The molecule has 0 aliphatic carbocycles. The Kier molecular flexibility index (Phi) is 7.56. The second kappa shape index (κ2) is 11.0. The Hall–Kier alpha value is -2.93. The molecule has 4 aromatic carbocycles. The fraction of sp³-hybridized carbons (Fsp3) is 0. The van der Waals surface area contributed by atoms with E-state index in [2.05, 4.69) is 109 Å². The first-order chi connectivity index (χ1) is 17.6. The van der Waals surface area contributed by atoms with Crippen molar-refractivity contribution in [1.82, 2.24) is 4.98 Å². The number of hydrogen-bond acceptors (Lipinski definition) is 3. The first kappa shape index (κ1) is 24.8. The van der Waals surface area contributed by atoms with E-state index in [1.165, 1.54) is 0 Å². The predicted octanol–water partition coefficient (Wildman–Crippen LogP) is 6.64. The molecule has 1 nitrogen and oxygen atoms in total. The van der Waals surface area contributed by atoms with Crippen LogP contribution >= 0.6 is 12.1 Å². The van der Waals surface area contributed by atoms with Gasteiger partial charge in [-0.1, -0.05) is 151 Å². The van der Waals surface area contributed by atoms with Gasteiger partial charge in [0, 0.05) is 23.6 Å². The third-order valence-corrected chi connectivity index (χ3v) is 15.6. The highest BCUT2D eigenvalue weighted by Crippen LogP contribution is 2.61. The molecule has 0 bridgehead atoms. The molecule has 1 heterocycles. The van der Waals surface area contributed by atoms with Crippen LogP contribution in [-0.2, 0) is 23.6 Å². The average molecular weight is 538 g/mol. The predicted molar refractivity (Wildman–Crippen MR) is 165 cm³/mol. The second-order valence-electron chi connectivity index (χ2n) is 8.34. The molecule has 0 aliphatic heterocycles. The van der Waals surface area contributed by atoms with Crippen LogP contribution in [0.2, 0.25) is 0 Å². The fourth-order valence-corrected chi connectivity index (χ4v) is 13.0. The number of aromatic nitrogens is 1. The van der Waals surface area contributed by atoms with Gasteiger partial charge in [0.05, 0.1) is 5.69 Å². The summed E-state index contributed by atoms with van der Waals surface area (Å²) in [7, 11) is 0. The summed E-state index contributed by atoms with van der Waals surface area (Å²) in [5.41, 5.74) is 0.884. The lowest BCUT2D eigenvalue weighted by molar-refractivity contribution is 1.29. The van der Waals surface area contributed by atoms with Crippen molar-refractivity contribution in [3.63, 3.8) is 0 Å². The minimum atomic E-state index is -2.50. The van der Waals surface area contributed by atoms with Gasteiger partial charge in [-0.15, -0.1) is 0 Å². The molecule has 176 valence electrons. The zero-order valence-electron chi connectivity index (χ0n) is 19.6. The van der Waals surface area contributed by atoms with Gasteiger partial charge in [0.1, 0.15) is 0 Å². The van der Waals surface area contributed by atoms with Crippen molar-refractivity contribution >= 4 is 62.2 Å². The van der Waals surface area contributed by atoms with Crippen molar-refractivity contribution in [2.75, 3.05) is 0 Å². The molecule has 0 radical (unpaired) electrons. The molecule has 5 aromatic rings. The summed E-state index contributed by atoms with van der Waals surface area (Å²) in [5.74, 6) is 2.32. The number of pyridine rings is 1. The molecule has 5 rings (SSSR count). The Labute approximate surface area is 223 Å². The van der Waals surface area contributed by atoms with Gasteiger partial charge in [0.25, 0.3) is 0 Å². The van der Waals surface area contributed by atoms with Crippen LogP contribution in [0.15, 0.2) is 152 Å². The molecule has 0 atom stereocenters. The Bertz CT molecular complexity index is 1470. The zero-order chi connectivity index (χ0) is 24.8. The van der Waals surface area contributed by atoms with Crippen molar-refractivity contribution in [3.8, 4) is 0 Å². The highest BCUT2D eigenvalue weighted by atomic mass is 32.4. The van der Waals surface area contributed by atoms with Crippen molar-refractivity contribution in [2.24, 2.45) is 0 Å². The topological polar surface area (TPSA) is 12.9 Å². The van der Waals surface area contributed by atoms with Crippen molar-refractivity contribution in [2.45, 2.75) is 0 Å². The van der Waals surface area contributed by atoms with Crippen LogP contribution in [0.4, 0.5) is 0 Å². The largest absolute Gasteiger partial charge is 0.256 e. The van der Waals surface area contributed by atoms with Crippen molar-refractivity contribution in [3.05, 3.63) is 157 Å². The maximum atomic E-state index is 6.78. The van der Waals surface area contributed by atoms with Crippen LogP contribution in [0.25, 0.3) is 5.31 Å². The summed E-state index contributed by atoms with van der Waals surface area (Å²) < 4.78 is 0. The monoisotopic (exact) mass is 537 g/mol. The van der Waals surface area contributed by atoms with Crippen LogP contribution < -0.4 is 21.2 Å². The molecule has 0 N–H and O–H groups in total. The molecule has 0 amide bonds. The minimum absolute atomic E-state index is 0.884. The summed E-state index contributed by atoms with van der Waals surface area (Å²) in [5, 5.41) is 5.59. The maximum Gasteiger partial charge on any atom is 0.0721 e. The van der Waals surface area contributed by atoms with Gasteiger partial charge in [-0.05, 0) is 39.2 Å². The molecule has 1 aromatic heterocycles. The first-order valence-electron chi connectivity index (χ1n) is 11.7. The van der Waals surface area contributed by atoms with E-state index >= 15 is 0 Å². The smallest absolute Gasteiger partial charge is 0.0721 e. The highest BCUT2D eigenvalue weighted by molar-refractivity contribution is 8.28. The summed E-state index contributed by atoms with van der Waals surface area (Å²) >= 11 is 13.4. The molecular formula is C31H25NP2S2. The van der Waals surface area contributed by atoms with Gasteiger partial charge in [-0.3, -0.25) is 4.98 Å². The molecule has 0 saturated carbocycles. The van der Waals surface area contributed by atoms with Gasteiger partial charge in [-0.2, -0.15) is 0 Å². The number of hydrogen-bond donors (Lipinski definition) is 0. The molecule has 0 aliphatic rings. The van der Waals surface area contributed by atoms with Gasteiger partial charge >= 0.3 is 0 Å². The summed E-state index contributed by atoms with van der Waals surface area (Å²) in [6, 6.07) is 43.0. The number of benzene rings is 4. The van der Waals surface area contributed by atoms with E-state index < -0.39 is 12.1 Å². The third kappa shape index (κ3) is 4.85. The lowest BCUT2D eigenvalue weighted by atomic mass is 10.3. The van der Waals surface area contributed by atoms with Crippen LogP contribution in [0, 0.1) is 0 Å². The quantitative estimate of drug-likeness (QED) is 0.216. The molecular weight excluding hydrogens is 512 g/mol. The first-order valence-corrected chi connectivity index (χ1v) is 17.4. The van der Waals surface area contributed by atoms with Gasteiger partial charge in [0.15, 0.2) is 0 Å². The Morgan fingerprint density at radius 3 is 1.28 bits per heavy atom. The van der Waals surface area contributed by atoms with Gasteiger partial charge in [-0.25, -0.2) is 0 Å². The van der Waals surface area contributed by atoms with Crippen molar-refractivity contribution < 1.29 is 0 Å². The Morgan fingerprint density at radius 1 is 0.500 bits per heavy atom. The Morgan fingerprint density at radius 2 is 0.889 bits per heavy atom. The van der Waals surface area contributed by atoms with Crippen molar-refractivity contribution in [1.29, 1.82) is 0 Å². The van der Waals surface area contributed by atoms with Crippen LogP contribution in [-0.4, -0.2) is 4.98 Å². The average Bonchev–Trinajstić information content (AvgIpc) is 2.97. The van der Waals surface area contributed by atoms with E-state index in [-0.39, 0.29) is 0 Å². The maximum absolute atomic E-state index is 6.78. The number of rotatable bonds is 7. The zero-order valence-corrected chi connectivity index (χ0v) is 23.0. The van der Waals surface area contributed by atoms with Gasteiger partial charge in [0.2, 0.25) is 0 Å². The molecule has 0 fully saturated rings. The van der Waals surface area contributed by atoms with E-state index in [0.29, 0.717) is 0 Å². The minimum Gasteiger partial charge on any atom is -0.256 e. The van der Waals surface area contributed by atoms with E-state index in [4.69, 9.17) is 28.6 Å². The second-order valence-corrected chi connectivity index (χ2v) is 17.0. The van der Waals surface area contributed by atoms with E-state index in [1.54, 1.807) is 0 Å². The summed E-state index contributed by atoms with van der Waals surface area (Å²) in [6.07, 6.45) is 1.84. The molecule has 0 unspecified atom stereocenters. The molecule has 36 heavy (non-hydrogen) atoms. The van der Waals surface area contributed by atoms with E-state index in [0.717, 1.165) is 32.2 Å². The van der Waals surface area contributed by atoms with E-state index in [9.17, 15) is 0 Å². The molecule has 0 spiro atoms. The lowest BCUT2D eigenvalue weighted by Gasteiger charge is -2.29. The van der Waals surface area contributed by atoms with E-state index in [1.807, 2.05) is 42.6 Å². The van der Waals surface area contributed by atoms with Crippen LogP contribution in [0.5, 0.6) is 0 Å². The Balaban J connectivity index is 1.89. The molecule has 5 heteroatoms. The SMILES string of the molecule is S=P(/C=C(\c1ccccn1)P(=S)(c1ccccc1)c1ccccc1)(c1ccccc1)c1ccccc1. The van der Waals surface area contributed by atoms with Gasteiger partial charge < -0.3 is 0 Å². The van der Waals surface area contributed by atoms with Crippen LogP contribution in [0.1, 0.15) is 5.69 Å². The lowest BCUT2D eigenvalue weighted by Crippen LogP contribution is -2.19. The fourth-order valence-electron chi connectivity index (χ4n) is 4.30. The highest BCUT2D eigenvalue weighted by Gasteiger charge is 2.32. The summed E-state index contributed by atoms with van der Waals surface area (Å²) in [6.45, 7) is 0. The summed E-state index contributed by atoms with van der Waals surface area (Å²) in [4.78, 5) is 4.83. The standard InChI is InChI=1S/C31H25NP2S2/c35-33(26-15-5-1-6-16-26,27-17-7-2-8-18-27)25-31(30-23-13-14-24-32-30)34(36,28-19-9-3-10-20-28)29-21-11-4-12-22-29/h1-25H/b31-25+. The molecule has 0 saturated heterocycles. The number of nitrogens with zero attached hydrogens (tertiary/aromatic N) is 1. The third-order valence-electron chi connectivity index (χ3n) is 6.09. The normalized spacial score (nSPS) is 12.3.